The van der Waals surface area contributed by atoms with Crippen LogP contribution < -0.4 is 10.1 Å². The second-order valence-electron chi connectivity index (χ2n) is 5.32. The van der Waals surface area contributed by atoms with Crippen molar-refractivity contribution in [3.63, 3.8) is 0 Å². The predicted octanol–water partition coefficient (Wildman–Crippen LogP) is 1.67. The third-order valence-electron chi connectivity index (χ3n) is 3.40. The molecule has 1 aliphatic carbocycles. The third kappa shape index (κ3) is 3.82. The van der Waals surface area contributed by atoms with E-state index in [2.05, 4.69) is 5.32 Å². The summed E-state index contributed by atoms with van der Waals surface area (Å²) in [5.41, 5.74) is 1.83. The number of nitriles is 1. The summed E-state index contributed by atoms with van der Waals surface area (Å²) in [5, 5.41) is 11.7. The Hall–Kier alpha value is -2.35. The van der Waals surface area contributed by atoms with E-state index in [0.29, 0.717) is 5.75 Å². The number of aryl methyl sites for hydroxylation is 2. The monoisotopic (exact) mass is 286 g/mol. The maximum atomic E-state index is 12.0. The first-order chi connectivity index (χ1) is 10.0. The van der Waals surface area contributed by atoms with E-state index in [1.807, 2.05) is 32.0 Å². The van der Waals surface area contributed by atoms with Crippen LogP contribution in [-0.2, 0) is 9.59 Å². The van der Waals surface area contributed by atoms with Crippen LogP contribution >= 0.6 is 0 Å². The molecule has 1 N–H and O–H groups in total. The van der Waals surface area contributed by atoms with Gasteiger partial charge >= 0.3 is 0 Å². The molecule has 110 valence electrons. The van der Waals surface area contributed by atoms with Crippen molar-refractivity contribution in [1.82, 2.24) is 5.32 Å². The van der Waals surface area contributed by atoms with Gasteiger partial charge < -0.3 is 10.1 Å². The van der Waals surface area contributed by atoms with Crippen LogP contribution in [0.15, 0.2) is 18.2 Å². The molecule has 0 aliphatic heterocycles. The van der Waals surface area contributed by atoms with Crippen LogP contribution in [0.1, 0.15) is 24.0 Å². The van der Waals surface area contributed by atoms with E-state index < -0.39 is 17.6 Å². The minimum absolute atomic E-state index is 0.126. The lowest BCUT2D eigenvalue weighted by molar-refractivity contribution is -0.132. The van der Waals surface area contributed by atoms with Gasteiger partial charge in [0.05, 0.1) is 6.07 Å². The largest absolute Gasteiger partial charge is 0.485 e. The molecule has 0 heterocycles. The smallest absolute Gasteiger partial charge is 0.245 e. The standard InChI is InChI=1S/C16H18N2O3/c1-10-4-3-5-11(2)15(10)21-9-14(19)13(8-17)16(20)18-12-6-7-12/h3-5,12-13H,6-7,9H2,1-2H3,(H,18,20). The summed E-state index contributed by atoms with van der Waals surface area (Å²) in [7, 11) is 0. The molecule has 1 aromatic rings. The molecule has 5 nitrogen and oxygen atoms in total. The van der Waals surface area contributed by atoms with Gasteiger partial charge in [0.2, 0.25) is 5.91 Å². The van der Waals surface area contributed by atoms with E-state index in [4.69, 9.17) is 10.00 Å². The molecular weight excluding hydrogens is 268 g/mol. The van der Waals surface area contributed by atoms with E-state index in [0.717, 1.165) is 24.0 Å². The van der Waals surface area contributed by atoms with Gasteiger partial charge in [-0.25, -0.2) is 0 Å². The molecule has 0 aromatic heterocycles. The van der Waals surface area contributed by atoms with Gasteiger partial charge in [0.15, 0.2) is 11.7 Å². The lowest BCUT2D eigenvalue weighted by Gasteiger charge is -2.13. The van der Waals surface area contributed by atoms with Gasteiger partial charge in [-0.1, -0.05) is 18.2 Å². The topological polar surface area (TPSA) is 79.2 Å². The van der Waals surface area contributed by atoms with Gasteiger partial charge in [-0.05, 0) is 37.8 Å². The zero-order valence-corrected chi connectivity index (χ0v) is 12.2. The predicted molar refractivity (Wildman–Crippen MR) is 76.7 cm³/mol. The summed E-state index contributed by atoms with van der Waals surface area (Å²) in [6, 6.07) is 7.55. The number of rotatable bonds is 6. The van der Waals surface area contributed by atoms with E-state index >= 15 is 0 Å². The van der Waals surface area contributed by atoms with Gasteiger partial charge in [-0.15, -0.1) is 0 Å². The summed E-state index contributed by atoms with van der Waals surface area (Å²) in [4.78, 5) is 23.8. The first kappa shape index (κ1) is 15.0. The molecule has 0 saturated heterocycles. The fraction of sp³-hybridized carbons (Fsp3) is 0.438. The van der Waals surface area contributed by atoms with Gasteiger partial charge in [-0.2, -0.15) is 5.26 Å². The number of benzene rings is 1. The number of Topliss-reactive ketones (excluding diaryl/α,β-unsaturated/α-hetero) is 1. The van der Waals surface area contributed by atoms with Crippen LogP contribution in [0.5, 0.6) is 5.75 Å². The maximum Gasteiger partial charge on any atom is 0.245 e. The molecule has 5 heteroatoms. The molecule has 1 fully saturated rings. The van der Waals surface area contributed by atoms with Crippen molar-refractivity contribution in [1.29, 1.82) is 5.26 Å². The quantitative estimate of drug-likeness (QED) is 0.807. The molecule has 21 heavy (non-hydrogen) atoms. The second-order valence-corrected chi connectivity index (χ2v) is 5.32. The highest BCUT2D eigenvalue weighted by atomic mass is 16.5. The lowest BCUT2D eigenvalue weighted by atomic mass is 10.1. The number of carbonyl (C=O) groups is 2. The number of hydrogen-bond acceptors (Lipinski definition) is 4. The van der Waals surface area contributed by atoms with Gasteiger partial charge in [0.1, 0.15) is 12.4 Å². The van der Waals surface area contributed by atoms with Crippen molar-refractivity contribution in [2.45, 2.75) is 32.7 Å². The molecule has 1 saturated carbocycles. The molecule has 2 rings (SSSR count). The van der Waals surface area contributed by atoms with Gasteiger partial charge in [0, 0.05) is 6.04 Å². The van der Waals surface area contributed by atoms with Crippen LogP contribution in [0.3, 0.4) is 0 Å². The number of para-hydroxylation sites is 1. The summed E-state index contributed by atoms with van der Waals surface area (Å²) < 4.78 is 5.50. The first-order valence-electron chi connectivity index (χ1n) is 6.94. The highest BCUT2D eigenvalue weighted by molar-refractivity contribution is 6.04. The number of ketones is 1. The number of carbonyl (C=O) groups excluding carboxylic acids is 2. The Kier molecular flexibility index (Phi) is 4.59. The van der Waals surface area contributed by atoms with E-state index in [1.54, 1.807) is 6.07 Å². The average Bonchev–Trinajstić information content (AvgIpc) is 3.23. The van der Waals surface area contributed by atoms with Crippen molar-refractivity contribution < 1.29 is 14.3 Å². The second kappa shape index (κ2) is 6.40. The van der Waals surface area contributed by atoms with Crippen molar-refractivity contribution in [3.8, 4) is 11.8 Å². The molecule has 1 aromatic carbocycles. The van der Waals surface area contributed by atoms with Crippen LogP contribution in [0, 0.1) is 31.1 Å². The summed E-state index contributed by atoms with van der Waals surface area (Å²) in [5.74, 6) is -1.70. The van der Waals surface area contributed by atoms with Crippen LogP contribution in [0.2, 0.25) is 0 Å². The molecule has 0 spiro atoms. The molecule has 0 radical (unpaired) electrons. The van der Waals surface area contributed by atoms with Crippen molar-refractivity contribution >= 4 is 11.7 Å². The lowest BCUT2D eigenvalue weighted by Crippen LogP contribution is -2.37. The van der Waals surface area contributed by atoms with E-state index in [-0.39, 0.29) is 12.6 Å². The summed E-state index contributed by atoms with van der Waals surface area (Å²) in [6.07, 6.45) is 1.83. The zero-order chi connectivity index (χ0) is 15.4. The number of nitrogens with one attached hydrogen (secondary N) is 1. The summed E-state index contributed by atoms with van der Waals surface area (Å²) in [6.45, 7) is 3.49. The minimum atomic E-state index is -1.30. The molecule has 0 bridgehead atoms. The van der Waals surface area contributed by atoms with E-state index in [1.165, 1.54) is 0 Å². The Morgan fingerprint density at radius 3 is 2.52 bits per heavy atom. The SMILES string of the molecule is Cc1cccc(C)c1OCC(=O)C(C#N)C(=O)NC1CC1. The Labute approximate surface area is 123 Å². The molecular formula is C16H18N2O3. The molecule has 1 amide bonds. The number of amides is 1. The Balaban J connectivity index is 1.96. The fourth-order valence-electron chi connectivity index (χ4n) is 2.04. The van der Waals surface area contributed by atoms with Gasteiger partial charge in [0.25, 0.3) is 0 Å². The molecule has 1 unspecified atom stereocenters. The number of hydrogen-bond donors (Lipinski definition) is 1. The zero-order valence-electron chi connectivity index (χ0n) is 12.2. The van der Waals surface area contributed by atoms with Crippen LogP contribution in [0.4, 0.5) is 0 Å². The first-order valence-corrected chi connectivity index (χ1v) is 6.94. The number of ether oxygens (including phenoxy) is 1. The van der Waals surface area contributed by atoms with Crippen LogP contribution in [-0.4, -0.2) is 24.3 Å². The average molecular weight is 286 g/mol. The maximum absolute atomic E-state index is 12.0. The number of nitrogens with zero attached hydrogens (tertiary/aromatic N) is 1. The van der Waals surface area contributed by atoms with Crippen molar-refractivity contribution in [2.75, 3.05) is 6.61 Å². The van der Waals surface area contributed by atoms with Crippen LogP contribution in [0.25, 0.3) is 0 Å². The fourth-order valence-corrected chi connectivity index (χ4v) is 2.04. The van der Waals surface area contributed by atoms with E-state index in [9.17, 15) is 9.59 Å². The Bertz CT molecular complexity index is 580. The highest BCUT2D eigenvalue weighted by Crippen LogP contribution is 2.23. The van der Waals surface area contributed by atoms with Gasteiger partial charge in [-0.3, -0.25) is 9.59 Å². The normalized spacial score (nSPS) is 14.9. The van der Waals surface area contributed by atoms with Crippen molar-refractivity contribution in [3.05, 3.63) is 29.3 Å². The molecule has 1 aliphatic rings. The van der Waals surface area contributed by atoms with Crippen molar-refractivity contribution in [2.24, 2.45) is 5.92 Å². The minimum Gasteiger partial charge on any atom is -0.485 e. The summed E-state index contributed by atoms with van der Waals surface area (Å²) >= 11 is 0. The Morgan fingerprint density at radius 1 is 1.38 bits per heavy atom. The Morgan fingerprint density at radius 2 is 2.00 bits per heavy atom. The third-order valence-corrected chi connectivity index (χ3v) is 3.40. The highest BCUT2D eigenvalue weighted by Gasteiger charge is 2.31. The molecule has 1 atom stereocenters.